The second-order valence-corrected chi connectivity index (χ2v) is 13.6. The molecule has 2 aromatic heterocycles. The van der Waals surface area contributed by atoms with Crippen molar-refractivity contribution in [1.29, 1.82) is 0 Å². The molecule has 51 heavy (non-hydrogen) atoms. The molecule has 3 heterocycles. The summed E-state index contributed by atoms with van der Waals surface area (Å²) in [4.78, 5) is 5.14. The molecule has 11 rings (SSSR count). The van der Waals surface area contributed by atoms with Crippen LogP contribution in [0.1, 0.15) is 11.1 Å². The van der Waals surface area contributed by atoms with Crippen molar-refractivity contribution in [3.05, 3.63) is 215 Å². The summed E-state index contributed by atoms with van der Waals surface area (Å²) < 4.78 is 4.76. The van der Waals surface area contributed by atoms with E-state index in [1.807, 2.05) is 0 Å². The zero-order valence-corrected chi connectivity index (χ0v) is 27.7. The molecule has 0 atom stereocenters. The monoisotopic (exact) mass is 649 g/mol. The van der Waals surface area contributed by atoms with E-state index in [1.165, 1.54) is 65.5 Å². The number of hydrogen-bond acceptors (Lipinski definition) is 1. The van der Waals surface area contributed by atoms with Crippen LogP contribution in [0.25, 0.3) is 60.6 Å². The molecule has 0 N–H and O–H groups in total. The summed E-state index contributed by atoms with van der Waals surface area (Å²) in [7, 11) is 0. The van der Waals surface area contributed by atoms with Crippen molar-refractivity contribution in [1.82, 2.24) is 9.13 Å². The van der Waals surface area contributed by atoms with E-state index >= 15 is 0 Å². The Morgan fingerprint density at radius 2 is 0.824 bits per heavy atom. The second kappa shape index (κ2) is 10.6. The summed E-state index contributed by atoms with van der Waals surface area (Å²) in [5.41, 5.74) is 11.2. The maximum Gasteiger partial charge on any atom is 0.0716 e. The topological polar surface area (TPSA) is 22.2 Å². The molecule has 3 heteroatoms. The van der Waals surface area contributed by atoms with Gasteiger partial charge in [0, 0.05) is 43.7 Å². The van der Waals surface area contributed by atoms with Gasteiger partial charge in [0.05, 0.1) is 38.5 Å². The molecule has 2 aliphatic rings. The Balaban J connectivity index is 1.09. The van der Waals surface area contributed by atoms with Crippen LogP contribution in [0.15, 0.2) is 199 Å². The molecule has 0 amide bonds. The number of aromatic nitrogens is 2. The van der Waals surface area contributed by atoms with E-state index in [2.05, 4.69) is 197 Å². The van der Waals surface area contributed by atoms with Gasteiger partial charge < -0.3 is 9.13 Å². The summed E-state index contributed by atoms with van der Waals surface area (Å²) in [6.45, 7) is 0. The van der Waals surface area contributed by atoms with Gasteiger partial charge in [-0.25, -0.2) is 4.99 Å². The van der Waals surface area contributed by atoms with Crippen LogP contribution in [0.3, 0.4) is 0 Å². The number of fused-ring (bicyclic) bond motifs is 8. The van der Waals surface area contributed by atoms with Gasteiger partial charge in [0.1, 0.15) is 0 Å². The average molecular weight is 650 g/mol. The molecular weight excluding hydrogens is 619 g/mol. The van der Waals surface area contributed by atoms with Crippen LogP contribution in [0.4, 0.5) is 0 Å². The lowest BCUT2D eigenvalue weighted by Crippen LogP contribution is -2.26. The first kappa shape index (κ1) is 28.2. The number of rotatable bonds is 4. The number of nitrogens with zero attached hydrogens (tertiary/aromatic N) is 3. The molecule has 0 fully saturated rings. The lowest BCUT2D eigenvalue weighted by Gasteiger charge is -2.32. The molecule has 1 aliphatic heterocycles. The number of hydrogen-bond donors (Lipinski definition) is 0. The number of para-hydroxylation sites is 5. The minimum Gasteiger partial charge on any atom is -0.309 e. The van der Waals surface area contributed by atoms with Crippen LogP contribution in [0.5, 0.6) is 0 Å². The van der Waals surface area contributed by atoms with Crippen molar-refractivity contribution >= 4 is 49.2 Å². The molecule has 1 aliphatic carbocycles. The van der Waals surface area contributed by atoms with E-state index in [0.717, 1.165) is 22.4 Å². The van der Waals surface area contributed by atoms with E-state index in [0.29, 0.717) is 0 Å². The van der Waals surface area contributed by atoms with Gasteiger partial charge in [-0.1, -0.05) is 127 Å². The van der Waals surface area contributed by atoms with Crippen LogP contribution in [0, 0.1) is 0 Å². The molecule has 238 valence electrons. The SMILES string of the molecule is C1=CC(c2ccc(-n3c4ccccc4c4ccccc43)cc2)(c2ccc(-n3c4ccccc4c4ccccc43)cc2)C=C2N=c3ccccc3=C12. The van der Waals surface area contributed by atoms with E-state index < -0.39 is 5.41 Å². The quantitative estimate of drug-likeness (QED) is 0.181. The van der Waals surface area contributed by atoms with Crippen molar-refractivity contribution in [3.8, 4) is 11.4 Å². The molecule has 3 nitrogen and oxygen atoms in total. The van der Waals surface area contributed by atoms with Gasteiger partial charge in [-0.05, 0) is 71.8 Å². The fraction of sp³-hybridized carbons (Fsp3) is 0.0208. The third-order valence-electron chi connectivity index (χ3n) is 11.0. The smallest absolute Gasteiger partial charge is 0.0716 e. The summed E-state index contributed by atoms with van der Waals surface area (Å²) in [5, 5.41) is 7.29. The lowest BCUT2D eigenvalue weighted by molar-refractivity contribution is 0.801. The van der Waals surface area contributed by atoms with Crippen LogP contribution in [-0.2, 0) is 5.41 Å². The summed E-state index contributed by atoms with van der Waals surface area (Å²) in [5.74, 6) is 0. The minimum absolute atomic E-state index is 0.511. The molecule has 0 saturated carbocycles. The number of allylic oxidation sites excluding steroid dienone is 3. The Morgan fingerprint density at radius 1 is 0.412 bits per heavy atom. The van der Waals surface area contributed by atoms with Crippen molar-refractivity contribution in [2.45, 2.75) is 5.41 Å². The highest BCUT2D eigenvalue weighted by Crippen LogP contribution is 2.43. The highest BCUT2D eigenvalue weighted by atomic mass is 15.0. The first-order valence-electron chi connectivity index (χ1n) is 17.6. The molecule has 0 unspecified atom stereocenters. The van der Waals surface area contributed by atoms with Crippen molar-refractivity contribution in [2.24, 2.45) is 4.99 Å². The zero-order chi connectivity index (χ0) is 33.5. The maximum absolute atomic E-state index is 5.14. The van der Waals surface area contributed by atoms with Gasteiger partial charge in [0.15, 0.2) is 0 Å². The van der Waals surface area contributed by atoms with Gasteiger partial charge in [-0.3, -0.25) is 0 Å². The lowest BCUT2D eigenvalue weighted by atomic mass is 9.71. The van der Waals surface area contributed by atoms with E-state index in [9.17, 15) is 0 Å². The maximum atomic E-state index is 5.14. The van der Waals surface area contributed by atoms with Gasteiger partial charge in [0.2, 0.25) is 0 Å². The predicted octanol–water partition coefficient (Wildman–Crippen LogP) is 10.1. The molecular formula is C48H31N3. The van der Waals surface area contributed by atoms with E-state index in [4.69, 9.17) is 4.99 Å². The first-order chi connectivity index (χ1) is 25.3. The molecule has 7 aromatic carbocycles. The Bertz CT molecular complexity index is 2800. The summed E-state index contributed by atoms with van der Waals surface area (Å²) in [6.07, 6.45) is 7.02. The fourth-order valence-corrected chi connectivity index (χ4v) is 8.59. The summed E-state index contributed by atoms with van der Waals surface area (Å²) in [6, 6.07) is 61.5. The Morgan fingerprint density at radius 3 is 1.29 bits per heavy atom. The largest absolute Gasteiger partial charge is 0.309 e. The number of benzene rings is 7. The minimum atomic E-state index is -0.511. The second-order valence-electron chi connectivity index (χ2n) is 13.6. The van der Waals surface area contributed by atoms with Crippen LogP contribution in [0.2, 0.25) is 0 Å². The fourth-order valence-electron chi connectivity index (χ4n) is 8.59. The van der Waals surface area contributed by atoms with E-state index in [1.54, 1.807) is 0 Å². The third-order valence-corrected chi connectivity index (χ3v) is 11.0. The normalized spacial score (nSPS) is 14.6. The summed E-state index contributed by atoms with van der Waals surface area (Å²) >= 11 is 0. The van der Waals surface area contributed by atoms with Gasteiger partial charge >= 0.3 is 0 Å². The Hall–Kier alpha value is -6.71. The molecule has 0 saturated heterocycles. The molecule has 9 aromatic rings. The highest BCUT2D eigenvalue weighted by molar-refractivity contribution is 6.10. The zero-order valence-electron chi connectivity index (χ0n) is 27.7. The standard InChI is InChI=1S/C48H31N3/c1-6-16-42-36(11-1)37-29-30-48(31-43(37)49-42,32-21-25-34(26-22-32)50-44-17-7-2-12-38(44)39-13-3-8-18-45(39)50)33-23-27-35(28-24-33)51-46-19-9-4-14-40(46)41-15-5-10-20-47(41)51/h1-31H. The van der Waals surface area contributed by atoms with Crippen LogP contribution in [-0.4, -0.2) is 9.13 Å². The predicted molar refractivity (Wildman–Crippen MR) is 210 cm³/mol. The molecule has 0 radical (unpaired) electrons. The third kappa shape index (κ3) is 4.03. The van der Waals surface area contributed by atoms with Gasteiger partial charge in [-0.2, -0.15) is 0 Å². The molecule has 0 spiro atoms. The highest BCUT2D eigenvalue weighted by Gasteiger charge is 2.34. The van der Waals surface area contributed by atoms with Crippen molar-refractivity contribution in [2.75, 3.05) is 0 Å². The Kier molecular flexibility index (Phi) is 5.88. The molecule has 0 bridgehead atoms. The van der Waals surface area contributed by atoms with Gasteiger partial charge in [-0.15, -0.1) is 0 Å². The first-order valence-corrected chi connectivity index (χ1v) is 17.6. The van der Waals surface area contributed by atoms with Crippen LogP contribution < -0.4 is 10.6 Å². The van der Waals surface area contributed by atoms with Crippen molar-refractivity contribution in [3.63, 3.8) is 0 Å². The van der Waals surface area contributed by atoms with Crippen LogP contribution >= 0.6 is 0 Å². The van der Waals surface area contributed by atoms with E-state index in [-0.39, 0.29) is 0 Å². The van der Waals surface area contributed by atoms with Crippen molar-refractivity contribution < 1.29 is 0 Å². The average Bonchev–Trinajstić information content (AvgIpc) is 3.85. The Labute approximate surface area is 294 Å². The van der Waals surface area contributed by atoms with Gasteiger partial charge in [0.25, 0.3) is 0 Å².